The van der Waals surface area contributed by atoms with Crippen LogP contribution in [0.2, 0.25) is 0 Å². The SMILES string of the molecule is COc1c(CO)cc(C(F)(F)F)cc1NC(=O)NCc1ccccc1Oc1ccc(C(N)=O)cc1. The number of carbonyl (C=O) groups is 2. The minimum absolute atomic E-state index is 0.0183. The van der Waals surface area contributed by atoms with Gasteiger partial charge in [-0.15, -0.1) is 0 Å². The molecule has 0 aliphatic heterocycles. The van der Waals surface area contributed by atoms with E-state index in [0.717, 1.165) is 12.1 Å². The van der Waals surface area contributed by atoms with Crippen molar-refractivity contribution in [1.29, 1.82) is 0 Å². The molecule has 0 radical (unpaired) electrons. The van der Waals surface area contributed by atoms with Crippen molar-refractivity contribution in [2.24, 2.45) is 5.73 Å². The van der Waals surface area contributed by atoms with E-state index < -0.39 is 30.3 Å². The predicted molar refractivity (Wildman–Crippen MR) is 121 cm³/mol. The highest BCUT2D eigenvalue weighted by molar-refractivity contribution is 5.93. The van der Waals surface area contributed by atoms with Crippen LogP contribution in [0.3, 0.4) is 0 Å². The van der Waals surface area contributed by atoms with Crippen molar-refractivity contribution in [2.45, 2.75) is 19.3 Å². The Balaban J connectivity index is 1.73. The van der Waals surface area contributed by atoms with E-state index >= 15 is 0 Å². The molecule has 35 heavy (non-hydrogen) atoms. The molecule has 11 heteroatoms. The number of anilines is 1. The lowest BCUT2D eigenvalue weighted by atomic mass is 10.1. The number of aliphatic hydroxyl groups excluding tert-OH is 1. The summed E-state index contributed by atoms with van der Waals surface area (Å²) in [5.74, 6) is 0.186. The van der Waals surface area contributed by atoms with Crippen LogP contribution in [0.1, 0.15) is 27.0 Å². The molecule has 0 fully saturated rings. The van der Waals surface area contributed by atoms with E-state index in [2.05, 4.69) is 10.6 Å². The number of halogens is 3. The normalized spacial score (nSPS) is 11.0. The molecule has 184 valence electrons. The summed E-state index contributed by atoms with van der Waals surface area (Å²) in [6.45, 7) is -0.732. The summed E-state index contributed by atoms with van der Waals surface area (Å²) in [5.41, 5.74) is 4.70. The molecule has 0 spiro atoms. The van der Waals surface area contributed by atoms with Crippen molar-refractivity contribution in [1.82, 2.24) is 5.32 Å². The minimum Gasteiger partial charge on any atom is -0.494 e. The first-order valence-electron chi connectivity index (χ1n) is 10.2. The van der Waals surface area contributed by atoms with Gasteiger partial charge in [-0.2, -0.15) is 13.2 Å². The van der Waals surface area contributed by atoms with Crippen molar-refractivity contribution in [2.75, 3.05) is 12.4 Å². The van der Waals surface area contributed by atoms with Gasteiger partial charge in [0.05, 0.1) is 25.0 Å². The number of ether oxygens (including phenoxy) is 2. The summed E-state index contributed by atoms with van der Waals surface area (Å²) in [7, 11) is 1.22. The number of aliphatic hydroxyl groups is 1. The Morgan fingerprint density at radius 3 is 2.31 bits per heavy atom. The standard InChI is InChI=1S/C24H22F3N3O5/c1-34-21-16(13-31)10-17(24(25,26)27)11-19(21)30-23(33)29-12-15-4-2-3-5-20(15)35-18-8-6-14(7-9-18)22(28)32/h2-11,31H,12-13H2,1H3,(H2,28,32)(H2,29,30,33). The number of primary amides is 1. The first-order chi connectivity index (χ1) is 16.6. The second-order valence-corrected chi connectivity index (χ2v) is 7.28. The molecule has 0 bridgehead atoms. The minimum atomic E-state index is -4.69. The molecule has 5 N–H and O–H groups in total. The van der Waals surface area contributed by atoms with E-state index in [1.54, 1.807) is 36.4 Å². The third kappa shape index (κ3) is 6.42. The molecule has 0 atom stereocenters. The molecule has 0 aliphatic rings. The van der Waals surface area contributed by atoms with Crippen molar-refractivity contribution >= 4 is 17.6 Å². The Kier molecular flexibility index (Phi) is 7.82. The highest BCUT2D eigenvalue weighted by atomic mass is 19.4. The Labute approximate surface area is 198 Å². The van der Waals surface area contributed by atoms with E-state index in [4.69, 9.17) is 15.2 Å². The second kappa shape index (κ2) is 10.8. The summed E-state index contributed by atoms with van der Waals surface area (Å²) in [6.07, 6.45) is -4.69. The van der Waals surface area contributed by atoms with Crippen molar-refractivity contribution in [3.63, 3.8) is 0 Å². The van der Waals surface area contributed by atoms with Gasteiger partial charge < -0.3 is 30.9 Å². The summed E-state index contributed by atoms with van der Waals surface area (Å²) in [6, 6.07) is 13.6. The summed E-state index contributed by atoms with van der Waals surface area (Å²) in [4.78, 5) is 23.7. The lowest BCUT2D eigenvalue weighted by Crippen LogP contribution is -2.28. The summed E-state index contributed by atoms with van der Waals surface area (Å²) < 4.78 is 50.6. The molecule has 0 aliphatic carbocycles. The second-order valence-electron chi connectivity index (χ2n) is 7.28. The van der Waals surface area contributed by atoms with Crippen LogP contribution >= 0.6 is 0 Å². The summed E-state index contributed by atoms with van der Waals surface area (Å²) >= 11 is 0. The average molecular weight is 489 g/mol. The number of alkyl halides is 3. The van der Waals surface area contributed by atoms with Gasteiger partial charge in [0.1, 0.15) is 17.2 Å². The zero-order chi connectivity index (χ0) is 25.6. The van der Waals surface area contributed by atoms with Gasteiger partial charge in [-0.05, 0) is 42.5 Å². The van der Waals surface area contributed by atoms with Gasteiger partial charge in [0.15, 0.2) is 0 Å². The third-order valence-corrected chi connectivity index (χ3v) is 4.89. The zero-order valence-electron chi connectivity index (χ0n) is 18.5. The highest BCUT2D eigenvalue weighted by Crippen LogP contribution is 2.38. The molecular weight excluding hydrogens is 467 g/mol. The molecule has 0 saturated carbocycles. The Hall–Kier alpha value is -4.25. The molecular formula is C24H22F3N3O5. The number of urea groups is 1. The maximum absolute atomic E-state index is 13.2. The van der Waals surface area contributed by atoms with Crippen LogP contribution in [-0.4, -0.2) is 24.2 Å². The van der Waals surface area contributed by atoms with Gasteiger partial charge in [-0.1, -0.05) is 18.2 Å². The van der Waals surface area contributed by atoms with Crippen molar-refractivity contribution in [3.05, 3.63) is 82.9 Å². The number of nitrogens with one attached hydrogen (secondary N) is 2. The Bertz CT molecular complexity index is 1210. The van der Waals surface area contributed by atoms with E-state index in [1.807, 2.05) is 0 Å². The number of nitrogens with two attached hydrogens (primary N) is 1. The van der Waals surface area contributed by atoms with Crippen LogP contribution in [0.5, 0.6) is 17.2 Å². The van der Waals surface area contributed by atoms with Gasteiger partial charge in [0.25, 0.3) is 0 Å². The van der Waals surface area contributed by atoms with Crippen molar-refractivity contribution in [3.8, 4) is 17.2 Å². The molecule has 0 heterocycles. The fourth-order valence-corrected chi connectivity index (χ4v) is 3.21. The van der Waals surface area contributed by atoms with Crippen molar-refractivity contribution < 1.29 is 37.3 Å². The number of carbonyl (C=O) groups excluding carboxylic acids is 2. The average Bonchev–Trinajstić information content (AvgIpc) is 2.82. The van der Waals surface area contributed by atoms with Crippen LogP contribution in [0, 0.1) is 0 Å². The van der Waals surface area contributed by atoms with Crippen LogP contribution in [0.4, 0.5) is 23.7 Å². The number of hydrogen-bond acceptors (Lipinski definition) is 5. The monoisotopic (exact) mass is 489 g/mol. The largest absolute Gasteiger partial charge is 0.494 e. The predicted octanol–water partition coefficient (Wildman–Crippen LogP) is 4.42. The van der Waals surface area contributed by atoms with E-state index in [0.29, 0.717) is 22.6 Å². The number of para-hydroxylation sites is 1. The number of hydrogen-bond donors (Lipinski definition) is 4. The quantitative estimate of drug-likeness (QED) is 0.373. The van der Waals surface area contributed by atoms with Crippen LogP contribution in [0.25, 0.3) is 0 Å². The van der Waals surface area contributed by atoms with E-state index in [1.165, 1.54) is 19.2 Å². The number of amides is 3. The molecule has 0 saturated heterocycles. The maximum atomic E-state index is 13.2. The van der Waals surface area contributed by atoms with Gasteiger partial charge in [-0.3, -0.25) is 4.79 Å². The first kappa shape index (κ1) is 25.4. The van der Waals surface area contributed by atoms with E-state index in [9.17, 15) is 27.9 Å². The lowest BCUT2D eigenvalue weighted by Gasteiger charge is -2.17. The maximum Gasteiger partial charge on any atom is 0.416 e. The molecule has 3 rings (SSSR count). The van der Waals surface area contributed by atoms with Gasteiger partial charge in [-0.25, -0.2) is 4.79 Å². The van der Waals surface area contributed by atoms with Crippen LogP contribution in [-0.2, 0) is 19.3 Å². The Morgan fingerprint density at radius 1 is 1.03 bits per heavy atom. The molecule has 8 nitrogen and oxygen atoms in total. The molecule has 3 aromatic rings. The van der Waals surface area contributed by atoms with E-state index in [-0.39, 0.29) is 23.5 Å². The summed E-state index contributed by atoms with van der Waals surface area (Å²) in [5, 5.41) is 14.3. The van der Waals surface area contributed by atoms with Crippen LogP contribution < -0.4 is 25.8 Å². The highest BCUT2D eigenvalue weighted by Gasteiger charge is 2.32. The number of rotatable bonds is 8. The molecule has 0 unspecified atom stereocenters. The van der Waals surface area contributed by atoms with Crippen LogP contribution in [0.15, 0.2) is 60.7 Å². The smallest absolute Gasteiger partial charge is 0.416 e. The number of benzene rings is 3. The lowest BCUT2D eigenvalue weighted by molar-refractivity contribution is -0.137. The molecule has 3 aromatic carbocycles. The topological polar surface area (TPSA) is 123 Å². The molecule has 0 aromatic heterocycles. The van der Waals surface area contributed by atoms with Gasteiger partial charge in [0.2, 0.25) is 5.91 Å². The third-order valence-electron chi connectivity index (χ3n) is 4.89. The zero-order valence-corrected chi connectivity index (χ0v) is 18.5. The Morgan fingerprint density at radius 2 is 1.71 bits per heavy atom. The van der Waals surface area contributed by atoms with Gasteiger partial charge in [0, 0.05) is 23.2 Å². The fraction of sp³-hybridized carbons (Fsp3) is 0.167. The molecule has 3 amide bonds. The van der Waals surface area contributed by atoms with Gasteiger partial charge >= 0.3 is 12.2 Å². The first-order valence-corrected chi connectivity index (χ1v) is 10.2. The fourth-order valence-electron chi connectivity index (χ4n) is 3.21. The number of methoxy groups -OCH3 is 1.